The van der Waals surface area contributed by atoms with Crippen LogP contribution in [-0.4, -0.2) is 64.2 Å². The first kappa shape index (κ1) is 29.2. The van der Waals surface area contributed by atoms with E-state index in [0.29, 0.717) is 6.54 Å². The number of nitrogens with one attached hydrogen (secondary N) is 1. The first-order valence-corrected chi connectivity index (χ1v) is 12.1. The van der Waals surface area contributed by atoms with Crippen molar-refractivity contribution in [3.8, 4) is 0 Å². The fraction of sp³-hybridized carbons (Fsp3) is 0.875. The fourth-order valence-electron chi connectivity index (χ4n) is 3.40. The lowest BCUT2D eigenvalue weighted by molar-refractivity contribution is -0.137. The van der Waals surface area contributed by atoms with Crippen molar-refractivity contribution in [2.45, 2.75) is 115 Å². The SMILES string of the molecule is CCCCCCCCC=CCCCCCCCCN[C@@H](CO)C(=O)[C@H](O)[C@H](O)CO. The number of unbranched alkanes of at least 4 members (excludes halogenated alkanes) is 12. The Bertz CT molecular complexity index is 416. The van der Waals surface area contributed by atoms with E-state index in [9.17, 15) is 20.1 Å². The van der Waals surface area contributed by atoms with E-state index in [4.69, 9.17) is 5.11 Å². The number of hydrogen-bond acceptors (Lipinski definition) is 6. The van der Waals surface area contributed by atoms with E-state index in [1.54, 1.807) is 0 Å². The largest absolute Gasteiger partial charge is 0.394 e. The minimum atomic E-state index is -1.68. The number of carbonyl (C=O) groups excluding carboxylic acids is 1. The average molecular weight is 430 g/mol. The number of carbonyl (C=O) groups is 1. The second kappa shape index (κ2) is 21.4. The van der Waals surface area contributed by atoms with Crippen LogP contribution in [0.5, 0.6) is 0 Å². The summed E-state index contributed by atoms with van der Waals surface area (Å²) >= 11 is 0. The molecule has 6 nitrogen and oxygen atoms in total. The van der Waals surface area contributed by atoms with Crippen molar-refractivity contribution in [1.82, 2.24) is 5.32 Å². The molecule has 0 aliphatic heterocycles. The van der Waals surface area contributed by atoms with Gasteiger partial charge in [-0.15, -0.1) is 0 Å². The summed E-state index contributed by atoms with van der Waals surface area (Å²) in [6.07, 6.45) is 18.7. The molecule has 0 fully saturated rings. The maximum Gasteiger partial charge on any atom is 0.183 e. The van der Waals surface area contributed by atoms with Crippen LogP contribution in [0.2, 0.25) is 0 Å². The van der Waals surface area contributed by atoms with Gasteiger partial charge in [-0.25, -0.2) is 0 Å². The fourth-order valence-corrected chi connectivity index (χ4v) is 3.40. The lowest BCUT2D eigenvalue weighted by Crippen LogP contribution is -2.49. The Morgan fingerprint density at radius 1 is 0.767 bits per heavy atom. The Balaban J connectivity index is 3.52. The number of aliphatic hydroxyl groups is 4. The molecule has 3 atom stereocenters. The van der Waals surface area contributed by atoms with Crippen LogP contribution in [0.1, 0.15) is 96.8 Å². The summed E-state index contributed by atoms with van der Waals surface area (Å²) in [6.45, 7) is 1.68. The van der Waals surface area contributed by atoms with Crippen LogP contribution < -0.4 is 5.32 Å². The molecule has 0 saturated heterocycles. The van der Waals surface area contributed by atoms with Gasteiger partial charge in [-0.2, -0.15) is 0 Å². The molecule has 0 aliphatic carbocycles. The van der Waals surface area contributed by atoms with E-state index in [2.05, 4.69) is 24.4 Å². The zero-order valence-electron chi connectivity index (χ0n) is 19.1. The summed E-state index contributed by atoms with van der Waals surface area (Å²) in [4.78, 5) is 11.9. The van der Waals surface area contributed by atoms with Crippen LogP contribution in [0, 0.1) is 0 Å². The molecular weight excluding hydrogens is 382 g/mol. The Morgan fingerprint density at radius 3 is 1.77 bits per heavy atom. The van der Waals surface area contributed by atoms with Crippen LogP contribution in [0.3, 0.4) is 0 Å². The number of ketones is 1. The molecule has 0 aromatic heterocycles. The van der Waals surface area contributed by atoms with E-state index in [0.717, 1.165) is 19.3 Å². The Morgan fingerprint density at radius 2 is 1.27 bits per heavy atom. The summed E-state index contributed by atoms with van der Waals surface area (Å²) < 4.78 is 0. The number of Topliss-reactive ketones (excluding diaryl/α,β-unsaturated/α-hetero) is 1. The van der Waals surface area contributed by atoms with Crippen molar-refractivity contribution < 1.29 is 25.2 Å². The maximum atomic E-state index is 11.9. The van der Waals surface area contributed by atoms with Gasteiger partial charge >= 0.3 is 0 Å². The Labute approximate surface area is 183 Å². The van der Waals surface area contributed by atoms with E-state index < -0.39 is 37.2 Å². The lowest BCUT2D eigenvalue weighted by atomic mass is 10.0. The highest BCUT2D eigenvalue weighted by atomic mass is 16.4. The second-order valence-electron chi connectivity index (χ2n) is 8.22. The van der Waals surface area contributed by atoms with Gasteiger partial charge in [0.2, 0.25) is 0 Å². The molecule has 0 saturated carbocycles. The minimum absolute atomic E-state index is 0.444. The number of allylic oxidation sites excluding steroid dienone is 2. The van der Waals surface area contributed by atoms with E-state index >= 15 is 0 Å². The average Bonchev–Trinajstić information content (AvgIpc) is 2.76. The van der Waals surface area contributed by atoms with E-state index in [1.165, 1.54) is 70.6 Å². The van der Waals surface area contributed by atoms with E-state index in [1.807, 2.05) is 0 Å². The van der Waals surface area contributed by atoms with Gasteiger partial charge in [0.25, 0.3) is 0 Å². The topological polar surface area (TPSA) is 110 Å². The molecule has 0 radical (unpaired) electrons. The second-order valence-corrected chi connectivity index (χ2v) is 8.22. The lowest BCUT2D eigenvalue weighted by Gasteiger charge is -2.21. The smallest absolute Gasteiger partial charge is 0.183 e. The molecule has 178 valence electrons. The van der Waals surface area contributed by atoms with Gasteiger partial charge < -0.3 is 25.7 Å². The summed E-state index contributed by atoms with van der Waals surface area (Å²) in [7, 11) is 0. The van der Waals surface area contributed by atoms with Crippen molar-refractivity contribution in [3.05, 3.63) is 12.2 Å². The van der Waals surface area contributed by atoms with Gasteiger partial charge in [0.15, 0.2) is 5.78 Å². The molecule has 0 rings (SSSR count). The third kappa shape index (κ3) is 16.0. The minimum Gasteiger partial charge on any atom is -0.394 e. The number of aliphatic hydroxyl groups excluding tert-OH is 4. The molecule has 0 bridgehead atoms. The molecule has 0 aliphatic rings. The normalized spacial score (nSPS) is 14.8. The third-order valence-electron chi connectivity index (χ3n) is 5.45. The van der Waals surface area contributed by atoms with Crippen molar-refractivity contribution in [3.63, 3.8) is 0 Å². The molecule has 0 unspecified atom stereocenters. The number of rotatable bonds is 22. The molecule has 0 amide bonds. The van der Waals surface area contributed by atoms with Gasteiger partial charge in [0, 0.05) is 0 Å². The number of hydrogen-bond donors (Lipinski definition) is 5. The van der Waals surface area contributed by atoms with Crippen LogP contribution in [0.15, 0.2) is 12.2 Å². The first-order valence-electron chi connectivity index (χ1n) is 12.1. The van der Waals surface area contributed by atoms with Crippen LogP contribution in [0.4, 0.5) is 0 Å². The van der Waals surface area contributed by atoms with Crippen LogP contribution >= 0.6 is 0 Å². The Hall–Kier alpha value is -0.790. The summed E-state index contributed by atoms with van der Waals surface area (Å²) in [5, 5.41) is 39.9. The predicted molar refractivity (Wildman–Crippen MR) is 122 cm³/mol. The standard InChI is InChI=1S/C24H47NO5/c1-2-3-4-5-6-7-8-9-10-11-12-13-14-15-16-17-18-25-21(19-26)23(29)24(30)22(28)20-27/h9-10,21-22,24-28,30H,2-8,11-20H2,1H3/t21-,22+,24+/m0/s1. The van der Waals surface area contributed by atoms with Gasteiger partial charge in [0.05, 0.1) is 19.3 Å². The molecular formula is C24H47NO5. The zero-order chi connectivity index (χ0) is 22.5. The predicted octanol–water partition coefficient (Wildman–Crippen LogP) is 3.26. The highest BCUT2D eigenvalue weighted by Gasteiger charge is 2.29. The van der Waals surface area contributed by atoms with Crippen LogP contribution in [0.25, 0.3) is 0 Å². The summed E-state index contributed by atoms with van der Waals surface area (Å²) in [5.41, 5.74) is 0. The first-order chi connectivity index (χ1) is 14.6. The highest BCUT2D eigenvalue weighted by Crippen LogP contribution is 2.10. The van der Waals surface area contributed by atoms with Crippen molar-refractivity contribution in [1.29, 1.82) is 0 Å². The van der Waals surface area contributed by atoms with E-state index in [-0.39, 0.29) is 0 Å². The summed E-state index contributed by atoms with van der Waals surface area (Å²) in [5.74, 6) is -0.691. The maximum absolute atomic E-state index is 11.9. The molecule has 6 heteroatoms. The molecule has 0 heterocycles. The van der Waals surface area contributed by atoms with Gasteiger partial charge in [-0.05, 0) is 38.6 Å². The van der Waals surface area contributed by atoms with Gasteiger partial charge in [-0.1, -0.05) is 76.9 Å². The van der Waals surface area contributed by atoms with Gasteiger partial charge in [-0.3, -0.25) is 4.79 Å². The molecule has 0 aromatic carbocycles. The third-order valence-corrected chi connectivity index (χ3v) is 5.45. The quantitative estimate of drug-likeness (QED) is 0.133. The molecule has 30 heavy (non-hydrogen) atoms. The zero-order valence-corrected chi connectivity index (χ0v) is 19.1. The van der Waals surface area contributed by atoms with Crippen molar-refractivity contribution >= 4 is 5.78 Å². The monoisotopic (exact) mass is 429 g/mol. The van der Waals surface area contributed by atoms with Crippen molar-refractivity contribution in [2.75, 3.05) is 19.8 Å². The molecule has 0 aromatic rings. The Kier molecular flexibility index (Phi) is 20.9. The molecule has 5 N–H and O–H groups in total. The van der Waals surface area contributed by atoms with Gasteiger partial charge in [0.1, 0.15) is 12.2 Å². The van der Waals surface area contributed by atoms with Crippen LogP contribution in [-0.2, 0) is 4.79 Å². The molecule has 0 spiro atoms. The summed E-state index contributed by atoms with van der Waals surface area (Å²) in [6, 6.07) is -0.913. The van der Waals surface area contributed by atoms with Crippen molar-refractivity contribution in [2.24, 2.45) is 0 Å². The highest BCUT2D eigenvalue weighted by molar-refractivity contribution is 5.88.